The number of methoxy groups -OCH3 is 1. The minimum Gasteiger partial charge on any atom is -0.469 e. The van der Waals surface area contributed by atoms with Crippen molar-refractivity contribution in [3.8, 4) is 0 Å². The third kappa shape index (κ3) is 5.88. The van der Waals surface area contributed by atoms with Crippen LogP contribution in [-0.4, -0.2) is 24.8 Å². The first kappa shape index (κ1) is 19.4. The zero-order valence-electron chi connectivity index (χ0n) is 15.0. The summed E-state index contributed by atoms with van der Waals surface area (Å²) >= 11 is 0. The van der Waals surface area contributed by atoms with Crippen molar-refractivity contribution in [2.24, 2.45) is 11.8 Å². The van der Waals surface area contributed by atoms with Crippen LogP contribution in [0.1, 0.15) is 79.1 Å². The van der Waals surface area contributed by atoms with Gasteiger partial charge in [0.05, 0.1) is 13.5 Å². The summed E-state index contributed by atoms with van der Waals surface area (Å²) in [7, 11) is 1.41. The molecule has 0 amide bonds. The summed E-state index contributed by atoms with van der Waals surface area (Å²) in [5.41, 5.74) is -0.234. The molecule has 0 saturated carbocycles. The Morgan fingerprint density at radius 3 is 2.64 bits per heavy atom. The highest BCUT2D eigenvalue weighted by atomic mass is 17.2. The number of hydrogen-bond acceptors (Lipinski definition) is 4. The van der Waals surface area contributed by atoms with Gasteiger partial charge in [0.1, 0.15) is 11.7 Å². The highest BCUT2D eigenvalue weighted by Crippen LogP contribution is 2.39. The van der Waals surface area contributed by atoms with E-state index >= 15 is 0 Å². The van der Waals surface area contributed by atoms with E-state index in [1.54, 1.807) is 0 Å². The molecule has 4 heteroatoms. The molecule has 0 aliphatic carbocycles. The van der Waals surface area contributed by atoms with E-state index in [2.05, 4.69) is 27.7 Å². The molecule has 0 N–H and O–H groups in total. The number of ether oxygens (including phenoxy) is 1. The van der Waals surface area contributed by atoms with Crippen LogP contribution in [0, 0.1) is 11.8 Å². The number of rotatable bonds is 9. The van der Waals surface area contributed by atoms with Crippen LogP contribution in [0.3, 0.4) is 0 Å². The van der Waals surface area contributed by atoms with E-state index in [4.69, 9.17) is 14.5 Å². The van der Waals surface area contributed by atoms with Crippen molar-refractivity contribution in [3.05, 3.63) is 0 Å². The van der Waals surface area contributed by atoms with E-state index in [1.165, 1.54) is 32.8 Å². The lowest BCUT2D eigenvalue weighted by atomic mass is 9.78. The molecule has 0 radical (unpaired) electrons. The standard InChI is InChI=1S/C18H34O4/c1-6-9-10-14(7-2)12-18(4)13-15(8-3)16(21-22-18)11-17(19)20-5/h14-16H,6-13H2,1-5H3/t14-,15-,16-,18+/m1/s1. The Morgan fingerprint density at radius 2 is 2.09 bits per heavy atom. The van der Waals surface area contributed by atoms with Crippen LogP contribution in [0.4, 0.5) is 0 Å². The average molecular weight is 314 g/mol. The fourth-order valence-corrected chi connectivity index (χ4v) is 3.50. The third-order valence-electron chi connectivity index (χ3n) is 4.98. The van der Waals surface area contributed by atoms with E-state index in [0.717, 1.165) is 19.3 Å². The number of esters is 1. The largest absolute Gasteiger partial charge is 0.469 e. The second-order valence-electron chi connectivity index (χ2n) is 6.94. The molecule has 0 spiro atoms. The molecule has 4 nitrogen and oxygen atoms in total. The van der Waals surface area contributed by atoms with Crippen LogP contribution in [-0.2, 0) is 19.3 Å². The fourth-order valence-electron chi connectivity index (χ4n) is 3.50. The maximum absolute atomic E-state index is 11.5. The molecule has 130 valence electrons. The molecule has 0 aromatic rings. The van der Waals surface area contributed by atoms with Gasteiger partial charge in [-0.3, -0.25) is 4.79 Å². The SMILES string of the molecule is CCCC[C@@H](CC)C[C@@]1(C)C[C@@H](CC)[C@@H](CC(=O)OC)OO1. The quantitative estimate of drug-likeness (QED) is 0.458. The predicted molar refractivity (Wildman–Crippen MR) is 87.3 cm³/mol. The van der Waals surface area contributed by atoms with E-state index in [9.17, 15) is 4.79 Å². The van der Waals surface area contributed by atoms with Gasteiger partial charge in [0, 0.05) is 0 Å². The highest BCUT2D eigenvalue weighted by molar-refractivity contribution is 5.69. The summed E-state index contributed by atoms with van der Waals surface area (Å²) in [5, 5.41) is 0. The number of carbonyl (C=O) groups is 1. The van der Waals surface area contributed by atoms with Crippen LogP contribution in [0.2, 0.25) is 0 Å². The van der Waals surface area contributed by atoms with Crippen LogP contribution >= 0.6 is 0 Å². The lowest BCUT2D eigenvalue weighted by Gasteiger charge is -2.42. The smallest absolute Gasteiger partial charge is 0.308 e. The molecule has 1 heterocycles. The average Bonchev–Trinajstić information content (AvgIpc) is 2.53. The summed E-state index contributed by atoms with van der Waals surface area (Å²) in [6.45, 7) is 8.79. The van der Waals surface area contributed by atoms with Gasteiger partial charge in [0.15, 0.2) is 0 Å². The first-order chi connectivity index (χ1) is 10.5. The molecule has 22 heavy (non-hydrogen) atoms. The summed E-state index contributed by atoms with van der Waals surface area (Å²) < 4.78 is 4.75. The lowest BCUT2D eigenvalue weighted by molar-refractivity contribution is -0.419. The van der Waals surface area contributed by atoms with Crippen LogP contribution in [0.15, 0.2) is 0 Å². The Hall–Kier alpha value is -0.610. The number of carbonyl (C=O) groups excluding carboxylic acids is 1. The second kappa shape index (κ2) is 9.51. The summed E-state index contributed by atoms with van der Waals surface area (Å²) in [6.07, 6.45) is 8.03. The fraction of sp³-hybridized carbons (Fsp3) is 0.944. The molecule has 1 aliphatic rings. The molecular formula is C18H34O4. The lowest BCUT2D eigenvalue weighted by Crippen LogP contribution is -2.45. The zero-order valence-corrected chi connectivity index (χ0v) is 15.0. The zero-order chi connectivity index (χ0) is 16.6. The van der Waals surface area contributed by atoms with Crippen molar-refractivity contribution in [2.75, 3.05) is 7.11 Å². The Bertz CT molecular complexity index is 331. The Labute approximate surface area is 135 Å². The molecular weight excluding hydrogens is 280 g/mol. The van der Waals surface area contributed by atoms with Crippen molar-refractivity contribution >= 4 is 5.97 Å². The van der Waals surface area contributed by atoms with Crippen LogP contribution in [0.5, 0.6) is 0 Å². The van der Waals surface area contributed by atoms with Gasteiger partial charge in [0.25, 0.3) is 0 Å². The van der Waals surface area contributed by atoms with Gasteiger partial charge in [-0.25, -0.2) is 9.78 Å². The summed E-state index contributed by atoms with van der Waals surface area (Å²) in [4.78, 5) is 22.9. The van der Waals surface area contributed by atoms with Gasteiger partial charge in [-0.2, -0.15) is 0 Å². The molecule has 1 saturated heterocycles. The van der Waals surface area contributed by atoms with E-state index in [0.29, 0.717) is 11.8 Å². The maximum Gasteiger partial charge on any atom is 0.308 e. The highest BCUT2D eigenvalue weighted by Gasteiger charge is 2.41. The van der Waals surface area contributed by atoms with Gasteiger partial charge in [-0.05, 0) is 31.6 Å². The monoisotopic (exact) mass is 314 g/mol. The normalized spacial score (nSPS) is 30.0. The van der Waals surface area contributed by atoms with Crippen molar-refractivity contribution in [1.82, 2.24) is 0 Å². The van der Waals surface area contributed by atoms with E-state index in [1.807, 2.05) is 0 Å². The topological polar surface area (TPSA) is 44.8 Å². The molecule has 0 bridgehead atoms. The van der Waals surface area contributed by atoms with E-state index < -0.39 is 0 Å². The van der Waals surface area contributed by atoms with Crippen LogP contribution < -0.4 is 0 Å². The van der Waals surface area contributed by atoms with Gasteiger partial charge in [-0.1, -0.05) is 52.9 Å². The predicted octanol–water partition coefficient (Wildman–Crippen LogP) is 4.66. The first-order valence-electron chi connectivity index (χ1n) is 8.89. The summed E-state index contributed by atoms with van der Waals surface area (Å²) in [6, 6.07) is 0. The van der Waals surface area contributed by atoms with Crippen molar-refractivity contribution < 1.29 is 19.3 Å². The molecule has 1 rings (SSSR count). The van der Waals surface area contributed by atoms with Crippen LogP contribution in [0.25, 0.3) is 0 Å². The Morgan fingerprint density at radius 1 is 1.36 bits per heavy atom. The Kier molecular flexibility index (Phi) is 8.40. The Balaban J connectivity index is 2.60. The number of hydrogen-bond donors (Lipinski definition) is 0. The third-order valence-corrected chi connectivity index (χ3v) is 4.98. The minimum atomic E-state index is -0.234. The van der Waals surface area contributed by atoms with Gasteiger partial charge >= 0.3 is 5.97 Å². The molecule has 4 atom stereocenters. The van der Waals surface area contributed by atoms with Gasteiger partial charge in [-0.15, -0.1) is 0 Å². The minimum absolute atomic E-state index is 0.179. The van der Waals surface area contributed by atoms with Crippen molar-refractivity contribution in [1.29, 1.82) is 0 Å². The second-order valence-corrected chi connectivity index (χ2v) is 6.94. The number of unbranched alkanes of at least 4 members (excludes halogenated alkanes) is 1. The maximum atomic E-state index is 11.5. The van der Waals surface area contributed by atoms with Gasteiger partial charge < -0.3 is 4.74 Å². The molecule has 1 aliphatic heterocycles. The van der Waals surface area contributed by atoms with Gasteiger partial charge in [0.2, 0.25) is 0 Å². The van der Waals surface area contributed by atoms with Crippen molar-refractivity contribution in [3.63, 3.8) is 0 Å². The summed E-state index contributed by atoms with van der Waals surface area (Å²) in [5.74, 6) is 0.801. The molecule has 0 aromatic heterocycles. The first-order valence-corrected chi connectivity index (χ1v) is 8.89. The van der Waals surface area contributed by atoms with E-state index in [-0.39, 0.29) is 24.1 Å². The molecule has 0 unspecified atom stereocenters. The molecule has 0 aromatic carbocycles. The molecule has 1 fully saturated rings. The van der Waals surface area contributed by atoms with Crippen molar-refractivity contribution in [2.45, 2.75) is 90.8 Å².